The van der Waals surface area contributed by atoms with Crippen LogP contribution in [0.5, 0.6) is 0 Å². The lowest BCUT2D eigenvalue weighted by Crippen LogP contribution is -1.88. The second-order valence-electron chi connectivity index (χ2n) is 2.34. The summed E-state index contributed by atoms with van der Waals surface area (Å²) in [5.41, 5.74) is 0.477. The summed E-state index contributed by atoms with van der Waals surface area (Å²) in [7, 11) is 0. The highest BCUT2D eigenvalue weighted by Gasteiger charge is 2.00. The van der Waals surface area contributed by atoms with Crippen LogP contribution in [0.2, 0.25) is 0 Å². The molecule has 0 aliphatic carbocycles. The van der Waals surface area contributed by atoms with Crippen molar-refractivity contribution in [3.05, 3.63) is 41.7 Å². The molecule has 0 aliphatic heterocycles. The van der Waals surface area contributed by atoms with Gasteiger partial charge >= 0.3 is 5.97 Å². The quantitative estimate of drug-likeness (QED) is 0.745. The molecule has 1 rings (SSSR count). The molecule has 0 saturated carbocycles. The van der Waals surface area contributed by atoms with Crippen LogP contribution in [0.3, 0.4) is 0 Å². The lowest BCUT2D eigenvalue weighted by molar-refractivity contribution is -0.131. The van der Waals surface area contributed by atoms with Gasteiger partial charge in [0.1, 0.15) is 5.82 Å². The Morgan fingerprint density at radius 1 is 1.38 bits per heavy atom. The van der Waals surface area contributed by atoms with Gasteiger partial charge < -0.3 is 5.11 Å². The van der Waals surface area contributed by atoms with E-state index in [9.17, 15) is 9.18 Å². The predicted molar refractivity (Wildman–Crippen MR) is 47.9 cm³/mol. The fraction of sp³-hybridized carbons (Fsp3) is 0. The SMILES string of the molecule is O=C(O)/C=C(\Cl)c1ccc(F)cc1. The van der Waals surface area contributed by atoms with E-state index in [0.717, 1.165) is 6.08 Å². The molecule has 13 heavy (non-hydrogen) atoms. The molecule has 0 atom stereocenters. The molecule has 0 spiro atoms. The Balaban J connectivity index is 2.96. The van der Waals surface area contributed by atoms with E-state index >= 15 is 0 Å². The van der Waals surface area contributed by atoms with E-state index in [-0.39, 0.29) is 10.8 Å². The molecule has 0 radical (unpaired) electrons. The molecule has 0 amide bonds. The summed E-state index contributed by atoms with van der Waals surface area (Å²) in [6.07, 6.45) is 0.856. The molecule has 1 aromatic rings. The fourth-order valence-corrected chi connectivity index (χ4v) is 1.02. The van der Waals surface area contributed by atoms with Gasteiger partial charge in [0, 0.05) is 6.08 Å². The summed E-state index contributed by atoms with van der Waals surface area (Å²) >= 11 is 5.61. The highest BCUT2D eigenvalue weighted by Crippen LogP contribution is 2.18. The predicted octanol–water partition coefficient (Wildman–Crippen LogP) is 2.49. The first-order chi connectivity index (χ1) is 6.09. The molecule has 4 heteroatoms. The Hall–Kier alpha value is -1.35. The first-order valence-corrected chi connectivity index (χ1v) is 3.83. The fourth-order valence-electron chi connectivity index (χ4n) is 0.801. The minimum Gasteiger partial charge on any atom is -0.478 e. The molecule has 0 aromatic heterocycles. The van der Waals surface area contributed by atoms with Crippen molar-refractivity contribution in [3.63, 3.8) is 0 Å². The van der Waals surface area contributed by atoms with E-state index in [1.165, 1.54) is 24.3 Å². The van der Waals surface area contributed by atoms with Gasteiger partial charge in [-0.15, -0.1) is 0 Å². The summed E-state index contributed by atoms with van der Waals surface area (Å²) in [6, 6.07) is 5.26. The van der Waals surface area contributed by atoms with Crippen LogP contribution in [0.1, 0.15) is 5.56 Å². The molecular weight excluding hydrogens is 195 g/mol. The molecule has 2 nitrogen and oxygen atoms in total. The molecule has 68 valence electrons. The van der Waals surface area contributed by atoms with Crippen molar-refractivity contribution in [1.82, 2.24) is 0 Å². The van der Waals surface area contributed by atoms with Crippen molar-refractivity contribution in [2.24, 2.45) is 0 Å². The lowest BCUT2D eigenvalue weighted by Gasteiger charge is -1.96. The first kappa shape index (κ1) is 9.74. The third-order valence-electron chi connectivity index (χ3n) is 1.37. The maximum absolute atomic E-state index is 12.4. The monoisotopic (exact) mass is 200 g/mol. The average molecular weight is 201 g/mol. The van der Waals surface area contributed by atoms with Crippen LogP contribution in [0.4, 0.5) is 4.39 Å². The average Bonchev–Trinajstić information content (AvgIpc) is 2.04. The summed E-state index contributed by atoms with van der Waals surface area (Å²) in [5, 5.41) is 8.44. The van der Waals surface area contributed by atoms with Gasteiger partial charge in [0.2, 0.25) is 0 Å². The largest absolute Gasteiger partial charge is 0.478 e. The minimum atomic E-state index is -1.13. The molecule has 1 N–H and O–H groups in total. The van der Waals surface area contributed by atoms with Gasteiger partial charge in [-0.1, -0.05) is 23.7 Å². The number of benzene rings is 1. The Bertz CT molecular complexity index is 343. The Morgan fingerprint density at radius 3 is 2.38 bits per heavy atom. The highest BCUT2D eigenvalue weighted by atomic mass is 35.5. The molecule has 0 bridgehead atoms. The van der Waals surface area contributed by atoms with Crippen LogP contribution < -0.4 is 0 Å². The van der Waals surface area contributed by atoms with E-state index in [4.69, 9.17) is 16.7 Å². The summed E-state index contributed by atoms with van der Waals surface area (Å²) in [4.78, 5) is 10.2. The number of rotatable bonds is 2. The van der Waals surface area contributed by atoms with Crippen molar-refractivity contribution in [3.8, 4) is 0 Å². The minimum absolute atomic E-state index is 0.0764. The molecular formula is C9H6ClFO2. The molecule has 0 fully saturated rings. The van der Waals surface area contributed by atoms with Gasteiger partial charge in [0.25, 0.3) is 0 Å². The molecule has 0 saturated heterocycles. The second kappa shape index (κ2) is 4.05. The number of carboxylic acids is 1. The normalized spacial score (nSPS) is 11.4. The lowest BCUT2D eigenvalue weighted by atomic mass is 10.2. The third kappa shape index (κ3) is 2.87. The van der Waals surface area contributed by atoms with Crippen molar-refractivity contribution in [1.29, 1.82) is 0 Å². The number of halogens is 2. The number of carbonyl (C=O) groups is 1. The van der Waals surface area contributed by atoms with E-state index in [2.05, 4.69) is 0 Å². The maximum atomic E-state index is 12.4. The maximum Gasteiger partial charge on any atom is 0.329 e. The van der Waals surface area contributed by atoms with Crippen LogP contribution >= 0.6 is 11.6 Å². The van der Waals surface area contributed by atoms with Gasteiger partial charge in [-0.05, 0) is 17.7 Å². The third-order valence-corrected chi connectivity index (χ3v) is 1.70. The van der Waals surface area contributed by atoms with Crippen LogP contribution in [0.15, 0.2) is 30.3 Å². The van der Waals surface area contributed by atoms with E-state index in [1.807, 2.05) is 0 Å². The van der Waals surface area contributed by atoms with E-state index in [1.54, 1.807) is 0 Å². The summed E-state index contributed by atoms with van der Waals surface area (Å²) < 4.78 is 12.4. The molecule has 1 aromatic carbocycles. The zero-order valence-electron chi connectivity index (χ0n) is 6.50. The first-order valence-electron chi connectivity index (χ1n) is 3.45. The van der Waals surface area contributed by atoms with Crippen molar-refractivity contribution in [2.75, 3.05) is 0 Å². The van der Waals surface area contributed by atoms with Crippen molar-refractivity contribution < 1.29 is 14.3 Å². The van der Waals surface area contributed by atoms with Gasteiger partial charge in [-0.3, -0.25) is 0 Å². The smallest absolute Gasteiger partial charge is 0.329 e. The number of hydrogen-bond acceptors (Lipinski definition) is 1. The Labute approximate surface area is 79.3 Å². The zero-order valence-corrected chi connectivity index (χ0v) is 7.25. The zero-order chi connectivity index (χ0) is 9.84. The highest BCUT2D eigenvalue weighted by molar-refractivity contribution is 6.50. The molecule has 0 unspecified atom stereocenters. The number of carboxylic acid groups (broad SMARTS) is 1. The van der Waals surface area contributed by atoms with Crippen LogP contribution in [0, 0.1) is 5.82 Å². The van der Waals surface area contributed by atoms with Gasteiger partial charge in [0.15, 0.2) is 0 Å². The van der Waals surface area contributed by atoms with Crippen molar-refractivity contribution >= 4 is 22.6 Å². The van der Waals surface area contributed by atoms with Gasteiger partial charge in [-0.2, -0.15) is 0 Å². The number of hydrogen-bond donors (Lipinski definition) is 1. The number of aliphatic carboxylic acids is 1. The van der Waals surface area contributed by atoms with Crippen LogP contribution in [0.25, 0.3) is 5.03 Å². The molecule has 0 aliphatic rings. The standard InChI is InChI=1S/C9H6ClFO2/c10-8(5-9(12)13)6-1-3-7(11)4-2-6/h1-5H,(H,12,13)/b8-5-. The topological polar surface area (TPSA) is 37.3 Å². The Kier molecular flexibility index (Phi) is 3.03. The second-order valence-corrected chi connectivity index (χ2v) is 2.74. The summed E-state index contributed by atoms with van der Waals surface area (Å²) in [5.74, 6) is -1.52. The van der Waals surface area contributed by atoms with Crippen molar-refractivity contribution in [2.45, 2.75) is 0 Å². The Morgan fingerprint density at radius 2 is 1.92 bits per heavy atom. The summed E-state index contributed by atoms with van der Waals surface area (Å²) in [6.45, 7) is 0. The van der Waals surface area contributed by atoms with E-state index < -0.39 is 5.97 Å². The van der Waals surface area contributed by atoms with Crippen LogP contribution in [-0.2, 0) is 4.79 Å². The van der Waals surface area contributed by atoms with Crippen LogP contribution in [-0.4, -0.2) is 11.1 Å². The van der Waals surface area contributed by atoms with E-state index in [0.29, 0.717) is 5.56 Å². The van der Waals surface area contributed by atoms with Gasteiger partial charge in [0.05, 0.1) is 5.03 Å². The molecule has 0 heterocycles. The van der Waals surface area contributed by atoms with Gasteiger partial charge in [-0.25, -0.2) is 9.18 Å².